The van der Waals surface area contributed by atoms with Crippen molar-refractivity contribution < 1.29 is 4.79 Å². The molecule has 1 aromatic carbocycles. The molecule has 0 aliphatic heterocycles. The molecule has 0 bridgehead atoms. The Morgan fingerprint density at radius 1 is 1.50 bits per heavy atom. The molecule has 1 fully saturated rings. The third kappa shape index (κ3) is 2.06. The van der Waals surface area contributed by atoms with E-state index < -0.39 is 5.54 Å². The number of anilines is 1. The summed E-state index contributed by atoms with van der Waals surface area (Å²) in [6.45, 7) is 0. The van der Waals surface area contributed by atoms with E-state index in [-0.39, 0.29) is 5.91 Å². The molecular weight excluding hydrogens is 291 g/mol. The molecule has 1 aliphatic rings. The number of benzene rings is 1. The first-order chi connectivity index (χ1) is 6.60. The van der Waals surface area contributed by atoms with Crippen LogP contribution in [0.2, 0.25) is 0 Å². The number of carbonyl (C=O) groups excluding carboxylic acids is 1. The van der Waals surface area contributed by atoms with Gasteiger partial charge in [0.25, 0.3) is 0 Å². The summed E-state index contributed by atoms with van der Waals surface area (Å²) < 4.78 is 1.10. The lowest BCUT2D eigenvalue weighted by Gasteiger charge is -2.09. The van der Waals surface area contributed by atoms with Gasteiger partial charge in [-0.3, -0.25) is 4.79 Å². The van der Waals surface area contributed by atoms with Crippen LogP contribution in [-0.2, 0) is 4.79 Å². The summed E-state index contributed by atoms with van der Waals surface area (Å²) in [4.78, 5) is 11.6. The summed E-state index contributed by atoms with van der Waals surface area (Å²) in [7, 11) is 0. The monoisotopic (exact) mass is 302 g/mol. The maximum absolute atomic E-state index is 11.6. The van der Waals surface area contributed by atoms with Crippen molar-refractivity contribution in [3.05, 3.63) is 27.8 Å². The molecular formula is C10H11IN2O. The number of carbonyl (C=O) groups is 1. The van der Waals surface area contributed by atoms with Crippen LogP contribution in [0, 0.1) is 3.57 Å². The van der Waals surface area contributed by atoms with Crippen LogP contribution < -0.4 is 11.1 Å². The predicted octanol–water partition coefficient (Wildman–Crippen LogP) is 1.72. The van der Waals surface area contributed by atoms with Crippen LogP contribution in [0.25, 0.3) is 0 Å². The topological polar surface area (TPSA) is 55.1 Å². The average molecular weight is 302 g/mol. The van der Waals surface area contributed by atoms with Crippen LogP contribution >= 0.6 is 22.6 Å². The van der Waals surface area contributed by atoms with Crippen molar-refractivity contribution in [2.45, 2.75) is 18.4 Å². The first kappa shape index (κ1) is 9.92. The van der Waals surface area contributed by atoms with E-state index in [1.807, 2.05) is 24.3 Å². The second-order valence-electron chi connectivity index (χ2n) is 3.62. The molecule has 2 rings (SSSR count). The number of nitrogens with two attached hydrogens (primary N) is 1. The molecule has 4 heteroatoms. The first-order valence-electron chi connectivity index (χ1n) is 4.46. The third-order valence-corrected chi connectivity index (χ3v) is 2.99. The van der Waals surface area contributed by atoms with Gasteiger partial charge in [-0.1, -0.05) is 6.07 Å². The fourth-order valence-electron chi connectivity index (χ4n) is 1.18. The lowest BCUT2D eigenvalue weighted by molar-refractivity contribution is -0.118. The molecule has 0 spiro atoms. The SMILES string of the molecule is NC1(C(=O)Nc2cccc(I)c2)CC1. The normalized spacial score (nSPS) is 17.6. The van der Waals surface area contributed by atoms with Crippen molar-refractivity contribution in [1.29, 1.82) is 0 Å². The molecule has 0 saturated heterocycles. The fourth-order valence-corrected chi connectivity index (χ4v) is 1.73. The molecule has 1 aliphatic carbocycles. The number of hydrogen-bond acceptors (Lipinski definition) is 2. The van der Waals surface area contributed by atoms with Gasteiger partial charge in [0.1, 0.15) is 0 Å². The van der Waals surface area contributed by atoms with Crippen molar-refractivity contribution in [1.82, 2.24) is 0 Å². The van der Waals surface area contributed by atoms with Crippen LogP contribution in [0.15, 0.2) is 24.3 Å². The van der Waals surface area contributed by atoms with E-state index in [9.17, 15) is 4.79 Å². The van der Waals surface area contributed by atoms with Crippen molar-refractivity contribution in [2.75, 3.05) is 5.32 Å². The van der Waals surface area contributed by atoms with Gasteiger partial charge in [-0.2, -0.15) is 0 Å². The molecule has 0 unspecified atom stereocenters. The van der Waals surface area contributed by atoms with Crippen LogP contribution in [0.1, 0.15) is 12.8 Å². The van der Waals surface area contributed by atoms with Crippen molar-refractivity contribution in [2.24, 2.45) is 5.73 Å². The number of nitrogens with one attached hydrogen (secondary N) is 1. The van der Waals surface area contributed by atoms with Gasteiger partial charge in [0.15, 0.2) is 0 Å². The Kier molecular flexibility index (Phi) is 2.48. The molecule has 1 amide bonds. The Morgan fingerprint density at radius 2 is 2.21 bits per heavy atom. The lowest BCUT2D eigenvalue weighted by Crippen LogP contribution is -2.37. The first-order valence-corrected chi connectivity index (χ1v) is 5.54. The Hall–Kier alpha value is -0.620. The van der Waals surface area contributed by atoms with E-state index >= 15 is 0 Å². The molecule has 0 heterocycles. The Bertz CT molecular complexity index is 374. The minimum absolute atomic E-state index is 0.0699. The standard InChI is InChI=1S/C10H11IN2O/c11-7-2-1-3-8(6-7)13-9(14)10(12)4-5-10/h1-3,6H,4-5,12H2,(H,13,14). The van der Waals surface area contributed by atoms with Gasteiger partial charge >= 0.3 is 0 Å². The zero-order valence-electron chi connectivity index (χ0n) is 7.59. The van der Waals surface area contributed by atoms with Crippen LogP contribution in [0.4, 0.5) is 5.69 Å². The molecule has 0 aromatic heterocycles. The smallest absolute Gasteiger partial charge is 0.244 e. The van der Waals surface area contributed by atoms with Crippen LogP contribution in [-0.4, -0.2) is 11.4 Å². The second kappa shape index (κ2) is 3.51. The Morgan fingerprint density at radius 3 is 2.79 bits per heavy atom. The molecule has 0 radical (unpaired) electrons. The number of rotatable bonds is 2. The highest BCUT2D eigenvalue weighted by Gasteiger charge is 2.45. The van der Waals surface area contributed by atoms with E-state index in [0.717, 1.165) is 22.1 Å². The highest BCUT2D eigenvalue weighted by atomic mass is 127. The molecule has 1 saturated carbocycles. The van der Waals surface area contributed by atoms with E-state index in [1.54, 1.807) is 0 Å². The summed E-state index contributed by atoms with van der Waals surface area (Å²) in [5, 5.41) is 2.82. The van der Waals surface area contributed by atoms with Crippen molar-refractivity contribution in [3.63, 3.8) is 0 Å². The van der Waals surface area contributed by atoms with Gasteiger partial charge in [0.05, 0.1) is 5.54 Å². The Balaban J connectivity index is 2.07. The number of halogens is 1. The molecule has 3 N–H and O–H groups in total. The van der Waals surface area contributed by atoms with Gasteiger partial charge in [-0.25, -0.2) is 0 Å². The maximum Gasteiger partial charge on any atom is 0.244 e. The van der Waals surface area contributed by atoms with Gasteiger partial charge in [-0.05, 0) is 53.6 Å². The van der Waals surface area contributed by atoms with Crippen molar-refractivity contribution >= 4 is 34.2 Å². The molecule has 14 heavy (non-hydrogen) atoms. The summed E-state index contributed by atoms with van der Waals surface area (Å²) in [6, 6.07) is 7.68. The van der Waals surface area contributed by atoms with Gasteiger partial charge in [-0.15, -0.1) is 0 Å². The lowest BCUT2D eigenvalue weighted by atomic mass is 10.2. The highest BCUT2D eigenvalue weighted by molar-refractivity contribution is 14.1. The van der Waals surface area contributed by atoms with Gasteiger partial charge in [0, 0.05) is 9.26 Å². The van der Waals surface area contributed by atoms with Crippen molar-refractivity contribution in [3.8, 4) is 0 Å². The third-order valence-electron chi connectivity index (χ3n) is 2.32. The largest absolute Gasteiger partial charge is 0.324 e. The average Bonchev–Trinajstić information content (AvgIpc) is 2.85. The number of amides is 1. The van der Waals surface area contributed by atoms with Crippen LogP contribution in [0.3, 0.4) is 0 Å². The van der Waals surface area contributed by atoms with Gasteiger partial charge < -0.3 is 11.1 Å². The minimum Gasteiger partial charge on any atom is -0.324 e. The Labute approximate surface area is 96.2 Å². The van der Waals surface area contributed by atoms with E-state index in [1.165, 1.54) is 0 Å². The van der Waals surface area contributed by atoms with E-state index in [0.29, 0.717) is 0 Å². The number of hydrogen-bond donors (Lipinski definition) is 2. The van der Waals surface area contributed by atoms with Crippen LogP contribution in [0.5, 0.6) is 0 Å². The maximum atomic E-state index is 11.6. The molecule has 74 valence electrons. The molecule has 0 atom stereocenters. The zero-order valence-corrected chi connectivity index (χ0v) is 9.74. The minimum atomic E-state index is -0.596. The molecule has 3 nitrogen and oxygen atoms in total. The summed E-state index contributed by atoms with van der Waals surface area (Å²) in [5.41, 5.74) is 5.98. The summed E-state index contributed by atoms with van der Waals surface area (Å²) >= 11 is 2.21. The highest BCUT2D eigenvalue weighted by Crippen LogP contribution is 2.33. The second-order valence-corrected chi connectivity index (χ2v) is 4.87. The quantitative estimate of drug-likeness (QED) is 0.817. The summed E-state index contributed by atoms with van der Waals surface area (Å²) in [6.07, 6.45) is 1.59. The zero-order chi connectivity index (χ0) is 10.2. The fraction of sp³-hybridized carbons (Fsp3) is 0.300. The summed E-state index contributed by atoms with van der Waals surface area (Å²) in [5.74, 6) is -0.0699. The van der Waals surface area contributed by atoms with E-state index in [4.69, 9.17) is 5.73 Å². The predicted molar refractivity (Wildman–Crippen MR) is 63.9 cm³/mol. The molecule has 1 aromatic rings. The van der Waals surface area contributed by atoms with Gasteiger partial charge in [0.2, 0.25) is 5.91 Å². The van der Waals surface area contributed by atoms with E-state index in [2.05, 4.69) is 27.9 Å².